The fraction of sp³-hybridized carbons (Fsp3) is 0.214. The van der Waals surface area contributed by atoms with Crippen LogP contribution in [0.5, 0.6) is 0 Å². The van der Waals surface area contributed by atoms with Crippen LogP contribution in [0.4, 0.5) is 0 Å². The van der Waals surface area contributed by atoms with Crippen LogP contribution in [-0.2, 0) is 6.42 Å². The Morgan fingerprint density at radius 3 is 2.69 bits per heavy atom. The molecule has 1 heterocycles. The third kappa shape index (κ3) is 2.22. The first kappa shape index (κ1) is 11.1. The summed E-state index contributed by atoms with van der Waals surface area (Å²) >= 11 is 1.55. The number of hydrogen-bond donors (Lipinski definition) is 0. The van der Waals surface area contributed by atoms with E-state index in [1.54, 1.807) is 11.3 Å². The highest BCUT2D eigenvalue weighted by molar-refractivity contribution is 7.14. The van der Waals surface area contributed by atoms with Gasteiger partial charge in [0.25, 0.3) is 0 Å². The Kier molecular flexibility index (Phi) is 3.20. The summed E-state index contributed by atoms with van der Waals surface area (Å²) in [6.07, 6.45) is 0.963. The number of carbonyl (C=O) groups excluding carboxylic acids is 1. The average molecular weight is 230 g/mol. The third-order valence-electron chi connectivity index (χ3n) is 2.56. The maximum absolute atomic E-state index is 12.1. The van der Waals surface area contributed by atoms with Crippen LogP contribution in [0.3, 0.4) is 0 Å². The summed E-state index contributed by atoms with van der Waals surface area (Å²) in [5.41, 5.74) is 2.00. The predicted octanol–water partition coefficient (Wildman–Crippen LogP) is 3.85. The van der Waals surface area contributed by atoms with Gasteiger partial charge in [-0.2, -0.15) is 0 Å². The van der Waals surface area contributed by atoms with Crippen LogP contribution >= 0.6 is 11.3 Å². The van der Waals surface area contributed by atoms with Crippen molar-refractivity contribution < 1.29 is 4.79 Å². The maximum Gasteiger partial charge on any atom is 0.202 e. The van der Waals surface area contributed by atoms with Crippen molar-refractivity contribution in [3.05, 3.63) is 57.3 Å². The van der Waals surface area contributed by atoms with E-state index in [-0.39, 0.29) is 5.78 Å². The quantitative estimate of drug-likeness (QED) is 0.732. The standard InChI is InChI=1S/C14H14OS/c1-3-11-5-4-6-12(9-11)14(15)13-8-7-10(2)16-13/h4-9H,3H2,1-2H3. The summed E-state index contributed by atoms with van der Waals surface area (Å²) in [6.45, 7) is 4.11. The summed E-state index contributed by atoms with van der Waals surface area (Å²) in [5, 5.41) is 0. The minimum Gasteiger partial charge on any atom is -0.288 e. The zero-order valence-electron chi connectivity index (χ0n) is 9.49. The molecular formula is C14H14OS. The molecule has 0 N–H and O–H groups in total. The number of hydrogen-bond acceptors (Lipinski definition) is 2. The van der Waals surface area contributed by atoms with Crippen molar-refractivity contribution in [1.82, 2.24) is 0 Å². The van der Waals surface area contributed by atoms with Gasteiger partial charge in [-0.1, -0.05) is 25.1 Å². The van der Waals surface area contributed by atoms with Gasteiger partial charge in [0.15, 0.2) is 0 Å². The number of carbonyl (C=O) groups is 1. The van der Waals surface area contributed by atoms with Gasteiger partial charge < -0.3 is 0 Å². The molecule has 2 rings (SSSR count). The maximum atomic E-state index is 12.1. The summed E-state index contributed by atoms with van der Waals surface area (Å²) in [7, 11) is 0. The number of ketones is 1. The van der Waals surface area contributed by atoms with Crippen molar-refractivity contribution in [2.75, 3.05) is 0 Å². The Bertz CT molecular complexity index is 511. The molecule has 0 aliphatic carbocycles. The van der Waals surface area contributed by atoms with Gasteiger partial charge in [-0.15, -0.1) is 11.3 Å². The van der Waals surface area contributed by atoms with Gasteiger partial charge in [-0.25, -0.2) is 0 Å². The third-order valence-corrected chi connectivity index (χ3v) is 3.56. The minimum absolute atomic E-state index is 0.133. The van der Waals surface area contributed by atoms with Crippen LogP contribution in [0.15, 0.2) is 36.4 Å². The minimum atomic E-state index is 0.133. The van der Waals surface area contributed by atoms with Crippen LogP contribution in [-0.4, -0.2) is 5.78 Å². The Morgan fingerprint density at radius 2 is 2.06 bits per heavy atom. The zero-order chi connectivity index (χ0) is 11.5. The molecule has 0 fully saturated rings. The number of benzene rings is 1. The van der Waals surface area contributed by atoms with Gasteiger partial charge in [0.1, 0.15) is 0 Å². The molecular weight excluding hydrogens is 216 g/mol. The topological polar surface area (TPSA) is 17.1 Å². The van der Waals surface area contributed by atoms with Crippen molar-refractivity contribution in [1.29, 1.82) is 0 Å². The molecule has 0 saturated heterocycles. The predicted molar refractivity (Wildman–Crippen MR) is 68.3 cm³/mol. The fourth-order valence-electron chi connectivity index (χ4n) is 1.63. The molecule has 0 atom stereocenters. The molecule has 1 nitrogen and oxygen atoms in total. The van der Waals surface area contributed by atoms with E-state index in [0.29, 0.717) is 0 Å². The highest BCUT2D eigenvalue weighted by Crippen LogP contribution is 2.19. The lowest BCUT2D eigenvalue weighted by Gasteiger charge is -2.01. The van der Waals surface area contributed by atoms with Gasteiger partial charge in [-0.05, 0) is 37.1 Å². The van der Waals surface area contributed by atoms with Crippen LogP contribution in [0, 0.1) is 6.92 Å². The second-order valence-corrected chi connectivity index (χ2v) is 5.08. The molecule has 2 heteroatoms. The van der Waals surface area contributed by atoms with E-state index in [0.717, 1.165) is 16.9 Å². The Labute approximate surface area is 99.8 Å². The lowest BCUT2D eigenvalue weighted by atomic mass is 10.1. The molecule has 2 aromatic rings. The molecule has 0 saturated carbocycles. The van der Waals surface area contributed by atoms with Gasteiger partial charge in [0.2, 0.25) is 5.78 Å². The monoisotopic (exact) mass is 230 g/mol. The van der Waals surface area contributed by atoms with Crippen molar-refractivity contribution >= 4 is 17.1 Å². The van der Waals surface area contributed by atoms with Crippen molar-refractivity contribution in [2.24, 2.45) is 0 Å². The first-order chi connectivity index (χ1) is 7.70. The average Bonchev–Trinajstić information content (AvgIpc) is 2.75. The lowest BCUT2D eigenvalue weighted by molar-refractivity contribution is 0.104. The van der Waals surface area contributed by atoms with Crippen LogP contribution in [0.1, 0.15) is 32.6 Å². The summed E-state index contributed by atoms with van der Waals surface area (Å²) in [6, 6.07) is 11.8. The van der Waals surface area contributed by atoms with Gasteiger partial charge in [0, 0.05) is 10.4 Å². The molecule has 0 radical (unpaired) electrons. The molecule has 0 aliphatic heterocycles. The van der Waals surface area contributed by atoms with Crippen molar-refractivity contribution in [3.8, 4) is 0 Å². The molecule has 82 valence electrons. The molecule has 0 bridgehead atoms. The Hall–Kier alpha value is -1.41. The van der Waals surface area contributed by atoms with Crippen LogP contribution in [0.25, 0.3) is 0 Å². The molecule has 0 amide bonds. The van der Waals surface area contributed by atoms with E-state index in [1.165, 1.54) is 10.4 Å². The summed E-state index contributed by atoms with van der Waals surface area (Å²) in [4.78, 5) is 14.1. The second kappa shape index (κ2) is 4.62. The van der Waals surface area contributed by atoms with Gasteiger partial charge in [-0.3, -0.25) is 4.79 Å². The van der Waals surface area contributed by atoms with E-state index >= 15 is 0 Å². The highest BCUT2D eigenvalue weighted by atomic mass is 32.1. The SMILES string of the molecule is CCc1cccc(C(=O)c2ccc(C)s2)c1. The fourth-order valence-corrected chi connectivity index (χ4v) is 2.46. The first-order valence-corrected chi connectivity index (χ1v) is 6.22. The van der Waals surface area contributed by atoms with E-state index in [9.17, 15) is 4.79 Å². The highest BCUT2D eigenvalue weighted by Gasteiger charge is 2.10. The van der Waals surface area contributed by atoms with Crippen LogP contribution < -0.4 is 0 Å². The number of aryl methyl sites for hydroxylation is 2. The van der Waals surface area contributed by atoms with E-state index < -0.39 is 0 Å². The van der Waals surface area contributed by atoms with E-state index in [1.807, 2.05) is 37.3 Å². The lowest BCUT2D eigenvalue weighted by Crippen LogP contribution is -1.99. The van der Waals surface area contributed by atoms with Crippen molar-refractivity contribution in [2.45, 2.75) is 20.3 Å². The molecule has 0 aliphatic rings. The van der Waals surface area contributed by atoms with Crippen LogP contribution in [0.2, 0.25) is 0 Å². The van der Waals surface area contributed by atoms with E-state index in [4.69, 9.17) is 0 Å². The number of thiophene rings is 1. The van der Waals surface area contributed by atoms with Gasteiger partial charge in [0.05, 0.1) is 4.88 Å². The molecule has 0 spiro atoms. The molecule has 0 unspecified atom stereocenters. The smallest absolute Gasteiger partial charge is 0.202 e. The zero-order valence-corrected chi connectivity index (χ0v) is 10.3. The summed E-state index contributed by atoms with van der Waals surface area (Å²) < 4.78 is 0. The van der Waals surface area contributed by atoms with E-state index in [2.05, 4.69) is 13.0 Å². The molecule has 1 aromatic carbocycles. The van der Waals surface area contributed by atoms with Gasteiger partial charge >= 0.3 is 0 Å². The Balaban J connectivity index is 2.33. The Morgan fingerprint density at radius 1 is 1.25 bits per heavy atom. The largest absolute Gasteiger partial charge is 0.288 e. The molecule has 1 aromatic heterocycles. The van der Waals surface area contributed by atoms with Crippen molar-refractivity contribution in [3.63, 3.8) is 0 Å². The normalized spacial score (nSPS) is 10.4. The molecule has 16 heavy (non-hydrogen) atoms. The first-order valence-electron chi connectivity index (χ1n) is 5.41. The number of rotatable bonds is 3. The summed E-state index contributed by atoms with van der Waals surface area (Å²) in [5.74, 6) is 0.133. The second-order valence-electron chi connectivity index (χ2n) is 3.79.